The summed E-state index contributed by atoms with van der Waals surface area (Å²) in [6, 6.07) is 17.0. The first-order chi connectivity index (χ1) is 16.1. The fourth-order valence-electron chi connectivity index (χ4n) is 4.35. The fourth-order valence-corrected chi connectivity index (χ4v) is 4.35. The van der Waals surface area contributed by atoms with Gasteiger partial charge in [0.2, 0.25) is 0 Å². The van der Waals surface area contributed by atoms with Crippen molar-refractivity contribution < 1.29 is 9.13 Å². The van der Waals surface area contributed by atoms with Crippen molar-refractivity contribution in [1.29, 1.82) is 0 Å². The molecule has 6 nitrogen and oxygen atoms in total. The van der Waals surface area contributed by atoms with Crippen LogP contribution in [0.25, 0.3) is 22.2 Å². The van der Waals surface area contributed by atoms with E-state index >= 15 is 0 Å². The van der Waals surface area contributed by atoms with Crippen LogP contribution in [0.5, 0.6) is 0 Å². The minimum atomic E-state index is -0.315. The van der Waals surface area contributed by atoms with E-state index in [0.717, 1.165) is 35.4 Å². The van der Waals surface area contributed by atoms with Crippen molar-refractivity contribution >= 4 is 16.7 Å². The van der Waals surface area contributed by atoms with Crippen LogP contribution in [0.1, 0.15) is 17.4 Å². The Labute approximate surface area is 192 Å². The van der Waals surface area contributed by atoms with E-state index in [0.29, 0.717) is 30.1 Å². The maximum absolute atomic E-state index is 14.5. The molecular formula is C26H26FN5O. The van der Waals surface area contributed by atoms with Gasteiger partial charge in [0.25, 0.3) is 0 Å². The number of fused-ring (bicyclic) bond motifs is 1. The van der Waals surface area contributed by atoms with Crippen molar-refractivity contribution in [3.05, 3.63) is 84.1 Å². The standard InChI is InChI=1S/C26H26FN5O/c1-31(2)26-19(15-18-7-3-6-10-22(18)30-26)16-32-13-14-33-23(17-32)25-24(28-11-12-29-25)20-8-4-5-9-21(20)27/h3-12,15,23H,13-14,16-17H2,1-2H3/t23-/m0/s1. The number of rotatable bonds is 5. The molecule has 5 rings (SSSR count). The summed E-state index contributed by atoms with van der Waals surface area (Å²) in [6.45, 7) is 2.74. The summed E-state index contributed by atoms with van der Waals surface area (Å²) in [6.07, 6.45) is 2.94. The topological polar surface area (TPSA) is 54.4 Å². The van der Waals surface area contributed by atoms with Gasteiger partial charge in [-0.2, -0.15) is 0 Å². The normalized spacial score (nSPS) is 16.8. The zero-order valence-corrected chi connectivity index (χ0v) is 18.8. The Bertz CT molecular complexity index is 1280. The number of benzene rings is 2. The molecule has 2 aromatic carbocycles. The lowest BCUT2D eigenvalue weighted by atomic mass is 10.0. The monoisotopic (exact) mass is 443 g/mol. The van der Waals surface area contributed by atoms with Gasteiger partial charge in [0.15, 0.2) is 0 Å². The first kappa shape index (κ1) is 21.4. The quantitative estimate of drug-likeness (QED) is 0.454. The van der Waals surface area contributed by atoms with Crippen molar-refractivity contribution in [2.24, 2.45) is 0 Å². The molecule has 0 saturated carbocycles. The van der Waals surface area contributed by atoms with Crippen LogP contribution in [0.3, 0.4) is 0 Å². The summed E-state index contributed by atoms with van der Waals surface area (Å²) >= 11 is 0. The van der Waals surface area contributed by atoms with Crippen molar-refractivity contribution in [1.82, 2.24) is 19.9 Å². The molecule has 0 radical (unpaired) electrons. The molecule has 1 fully saturated rings. The van der Waals surface area contributed by atoms with E-state index in [1.807, 2.05) is 32.3 Å². The van der Waals surface area contributed by atoms with Gasteiger partial charge >= 0.3 is 0 Å². The van der Waals surface area contributed by atoms with E-state index in [9.17, 15) is 4.39 Å². The number of nitrogens with zero attached hydrogens (tertiary/aromatic N) is 5. The summed E-state index contributed by atoms with van der Waals surface area (Å²) in [5.74, 6) is 0.646. The molecule has 0 N–H and O–H groups in total. The van der Waals surface area contributed by atoms with E-state index in [2.05, 4.69) is 31.9 Å². The number of para-hydroxylation sites is 1. The predicted molar refractivity (Wildman–Crippen MR) is 127 cm³/mol. The second kappa shape index (κ2) is 9.21. The van der Waals surface area contributed by atoms with Crippen molar-refractivity contribution in [2.75, 3.05) is 38.7 Å². The second-order valence-corrected chi connectivity index (χ2v) is 8.42. The van der Waals surface area contributed by atoms with Gasteiger partial charge in [0.1, 0.15) is 17.7 Å². The van der Waals surface area contributed by atoms with Crippen molar-refractivity contribution in [3.63, 3.8) is 0 Å². The number of aromatic nitrogens is 3. The average Bonchev–Trinajstić information content (AvgIpc) is 2.84. The highest BCUT2D eigenvalue weighted by Crippen LogP contribution is 2.31. The van der Waals surface area contributed by atoms with Crippen LogP contribution in [0, 0.1) is 5.82 Å². The third-order valence-corrected chi connectivity index (χ3v) is 5.91. The highest BCUT2D eigenvalue weighted by molar-refractivity contribution is 5.81. The number of anilines is 1. The molecule has 1 saturated heterocycles. The molecule has 168 valence electrons. The Morgan fingerprint density at radius 1 is 1.06 bits per heavy atom. The molecule has 0 unspecified atom stereocenters. The van der Waals surface area contributed by atoms with Gasteiger partial charge in [-0.05, 0) is 24.3 Å². The van der Waals surface area contributed by atoms with Crippen LogP contribution in [0.4, 0.5) is 10.2 Å². The average molecular weight is 444 g/mol. The number of hydrogen-bond acceptors (Lipinski definition) is 6. The lowest BCUT2D eigenvalue weighted by Gasteiger charge is -2.33. The zero-order valence-electron chi connectivity index (χ0n) is 18.8. The van der Waals surface area contributed by atoms with E-state index in [1.54, 1.807) is 30.6 Å². The van der Waals surface area contributed by atoms with Gasteiger partial charge in [-0.15, -0.1) is 0 Å². The Hall–Kier alpha value is -3.42. The van der Waals surface area contributed by atoms with Crippen LogP contribution < -0.4 is 4.90 Å². The molecular weight excluding hydrogens is 417 g/mol. The fraction of sp³-hybridized carbons (Fsp3) is 0.269. The smallest absolute Gasteiger partial charge is 0.133 e. The molecule has 1 aliphatic rings. The van der Waals surface area contributed by atoms with Crippen LogP contribution in [0.2, 0.25) is 0 Å². The lowest BCUT2D eigenvalue weighted by molar-refractivity contribution is -0.0348. The van der Waals surface area contributed by atoms with Crippen LogP contribution >= 0.6 is 0 Å². The lowest BCUT2D eigenvalue weighted by Crippen LogP contribution is -2.38. The van der Waals surface area contributed by atoms with E-state index in [1.165, 1.54) is 6.07 Å². The summed E-state index contributed by atoms with van der Waals surface area (Å²) in [7, 11) is 4.03. The minimum Gasteiger partial charge on any atom is -0.369 e. The first-order valence-corrected chi connectivity index (χ1v) is 11.1. The number of hydrogen-bond donors (Lipinski definition) is 0. The largest absolute Gasteiger partial charge is 0.369 e. The number of pyridine rings is 1. The van der Waals surface area contributed by atoms with Crippen LogP contribution in [-0.4, -0.2) is 53.6 Å². The SMILES string of the molecule is CN(C)c1nc2ccccc2cc1CN1CCO[C@H](c2nccnc2-c2ccccc2F)C1. The zero-order chi connectivity index (χ0) is 22.8. The van der Waals surface area contributed by atoms with Gasteiger partial charge in [0.05, 0.1) is 23.5 Å². The van der Waals surface area contributed by atoms with Gasteiger partial charge in [-0.1, -0.05) is 30.3 Å². The maximum Gasteiger partial charge on any atom is 0.133 e. The predicted octanol–water partition coefficient (Wildman–Crippen LogP) is 4.47. The van der Waals surface area contributed by atoms with Gasteiger partial charge in [-0.3, -0.25) is 14.9 Å². The third kappa shape index (κ3) is 4.42. The summed E-state index contributed by atoms with van der Waals surface area (Å²) in [5.41, 5.74) is 3.78. The molecule has 0 amide bonds. The molecule has 2 aromatic heterocycles. The number of halogens is 1. The highest BCUT2D eigenvalue weighted by Gasteiger charge is 2.27. The molecule has 7 heteroatoms. The van der Waals surface area contributed by atoms with Gasteiger partial charge in [-0.25, -0.2) is 9.37 Å². The molecule has 3 heterocycles. The van der Waals surface area contributed by atoms with E-state index in [-0.39, 0.29) is 11.9 Å². The second-order valence-electron chi connectivity index (χ2n) is 8.42. The Morgan fingerprint density at radius 3 is 2.70 bits per heavy atom. The number of morpholine rings is 1. The summed E-state index contributed by atoms with van der Waals surface area (Å²) < 4.78 is 20.6. The highest BCUT2D eigenvalue weighted by atomic mass is 19.1. The van der Waals surface area contributed by atoms with Crippen LogP contribution in [-0.2, 0) is 11.3 Å². The molecule has 0 aliphatic carbocycles. The summed E-state index contributed by atoms with van der Waals surface area (Å²) in [4.78, 5) is 18.3. The maximum atomic E-state index is 14.5. The van der Waals surface area contributed by atoms with Gasteiger partial charge in [0, 0.05) is 62.6 Å². The van der Waals surface area contributed by atoms with Crippen molar-refractivity contribution in [2.45, 2.75) is 12.6 Å². The summed E-state index contributed by atoms with van der Waals surface area (Å²) in [5, 5.41) is 1.12. The van der Waals surface area contributed by atoms with Gasteiger partial charge < -0.3 is 9.64 Å². The first-order valence-electron chi connectivity index (χ1n) is 11.1. The molecule has 0 bridgehead atoms. The molecule has 33 heavy (non-hydrogen) atoms. The Morgan fingerprint density at radius 2 is 1.85 bits per heavy atom. The molecule has 1 aliphatic heterocycles. The minimum absolute atomic E-state index is 0.293. The molecule has 1 atom stereocenters. The molecule has 0 spiro atoms. The van der Waals surface area contributed by atoms with E-state index in [4.69, 9.17) is 9.72 Å². The Balaban J connectivity index is 1.43. The van der Waals surface area contributed by atoms with E-state index < -0.39 is 0 Å². The van der Waals surface area contributed by atoms with Crippen LogP contribution in [0.15, 0.2) is 67.0 Å². The van der Waals surface area contributed by atoms with Crippen molar-refractivity contribution in [3.8, 4) is 11.3 Å². The Kier molecular flexibility index (Phi) is 5.98. The molecule has 4 aromatic rings. The third-order valence-electron chi connectivity index (χ3n) is 5.91. The number of ether oxygens (including phenoxy) is 1.